The molecule has 0 atom stereocenters. The lowest BCUT2D eigenvalue weighted by Gasteiger charge is -2.28. The van der Waals surface area contributed by atoms with Crippen LogP contribution in [0.5, 0.6) is 11.5 Å². The van der Waals surface area contributed by atoms with Crippen LogP contribution in [-0.2, 0) is 4.65 Å². The van der Waals surface area contributed by atoms with Crippen molar-refractivity contribution in [2.75, 3.05) is 13.2 Å². The summed E-state index contributed by atoms with van der Waals surface area (Å²) in [6, 6.07) is 7.56. The van der Waals surface area contributed by atoms with Crippen LogP contribution in [0.4, 0.5) is 0 Å². The first-order valence-electron chi connectivity index (χ1n) is 4.37. The van der Waals surface area contributed by atoms with E-state index in [-0.39, 0.29) is 0 Å². The molecule has 1 aromatic rings. The molecule has 0 radical (unpaired) electrons. The molecule has 1 spiro atoms. The van der Waals surface area contributed by atoms with Crippen LogP contribution in [0, 0.1) is 0 Å². The zero-order chi connectivity index (χ0) is 8.73. The molecule has 0 aromatic heterocycles. The Morgan fingerprint density at radius 2 is 1.85 bits per heavy atom. The minimum Gasteiger partial charge on any atom is -0.643 e. The van der Waals surface area contributed by atoms with Crippen LogP contribution in [0.25, 0.3) is 0 Å². The monoisotopic (exact) mass is 178 g/mol. The topological polar surface area (TPSA) is 39.7 Å². The van der Waals surface area contributed by atoms with Crippen molar-refractivity contribution in [2.24, 2.45) is 0 Å². The minimum absolute atomic E-state index is 0.633. The van der Waals surface area contributed by atoms with Crippen LogP contribution in [0.1, 0.15) is 0 Å². The van der Waals surface area contributed by atoms with Gasteiger partial charge in [-0.1, -0.05) is 12.1 Å². The van der Waals surface area contributed by atoms with Gasteiger partial charge in [-0.2, -0.15) is 0 Å². The highest BCUT2D eigenvalue weighted by atomic mass is 16.8. The molecule has 2 heterocycles. The molecule has 1 saturated heterocycles. The van der Waals surface area contributed by atoms with E-state index in [1.807, 2.05) is 24.3 Å². The van der Waals surface area contributed by atoms with Crippen molar-refractivity contribution in [3.8, 4) is 11.5 Å². The fraction of sp³-hybridized carbons (Fsp3) is 0.250. The average molecular weight is 178 g/mol. The SMILES string of the molecule is c1ccc2c(c1)O[B-]1(NCCO1)O2. The van der Waals surface area contributed by atoms with Gasteiger partial charge in [0.1, 0.15) is 11.5 Å². The van der Waals surface area contributed by atoms with Gasteiger partial charge in [0, 0.05) is 6.61 Å². The summed E-state index contributed by atoms with van der Waals surface area (Å²) in [6.45, 7) is -0.310. The van der Waals surface area contributed by atoms with Crippen molar-refractivity contribution in [3.05, 3.63) is 24.3 Å². The second kappa shape index (κ2) is 2.40. The molecule has 5 heteroatoms. The van der Waals surface area contributed by atoms with Crippen molar-refractivity contribution in [1.82, 2.24) is 5.23 Å². The number of nitrogens with one attached hydrogen (secondary N) is 1. The lowest BCUT2D eigenvalue weighted by molar-refractivity contribution is 0.226. The van der Waals surface area contributed by atoms with Crippen LogP contribution in [0.15, 0.2) is 24.3 Å². The van der Waals surface area contributed by atoms with E-state index < -0.39 is 6.89 Å². The van der Waals surface area contributed by atoms with Crippen LogP contribution in [0.3, 0.4) is 0 Å². The molecular formula is C8H9BNO3-. The first kappa shape index (κ1) is 7.23. The van der Waals surface area contributed by atoms with Crippen molar-refractivity contribution >= 4 is 6.89 Å². The molecule has 0 amide bonds. The Labute approximate surface area is 75.8 Å². The number of benzene rings is 1. The highest BCUT2D eigenvalue weighted by Gasteiger charge is 2.42. The third kappa shape index (κ3) is 1.01. The first-order chi connectivity index (χ1) is 6.38. The van der Waals surface area contributed by atoms with E-state index in [9.17, 15) is 0 Å². The van der Waals surface area contributed by atoms with Crippen molar-refractivity contribution in [3.63, 3.8) is 0 Å². The summed E-state index contributed by atoms with van der Waals surface area (Å²) in [4.78, 5) is 0. The molecule has 1 aromatic carbocycles. The second-order valence-electron chi connectivity index (χ2n) is 3.15. The molecule has 0 bridgehead atoms. The number of hydrogen-bond donors (Lipinski definition) is 1. The Balaban J connectivity index is 1.96. The number of para-hydroxylation sites is 2. The number of fused-ring (bicyclic) bond motifs is 1. The van der Waals surface area contributed by atoms with Gasteiger partial charge in [0.15, 0.2) is 0 Å². The smallest absolute Gasteiger partial charge is 0.578 e. The van der Waals surface area contributed by atoms with Gasteiger partial charge < -0.3 is 19.2 Å². The fourth-order valence-corrected chi connectivity index (χ4v) is 1.66. The second-order valence-corrected chi connectivity index (χ2v) is 3.15. The maximum atomic E-state index is 5.56. The fourth-order valence-electron chi connectivity index (χ4n) is 1.66. The van der Waals surface area contributed by atoms with Crippen LogP contribution in [-0.4, -0.2) is 20.0 Å². The molecular weight excluding hydrogens is 169 g/mol. The standard InChI is InChI=1S/C8H9BNO3/c1-2-4-8-7(3-1)12-9(13-8)10-5-6-11-9/h1-4,10H,5-6H2/q-1. The van der Waals surface area contributed by atoms with Crippen LogP contribution >= 0.6 is 0 Å². The van der Waals surface area contributed by atoms with E-state index in [1.54, 1.807) is 0 Å². The van der Waals surface area contributed by atoms with E-state index in [2.05, 4.69) is 5.23 Å². The van der Waals surface area contributed by atoms with Gasteiger partial charge in [0.25, 0.3) is 0 Å². The summed E-state index contributed by atoms with van der Waals surface area (Å²) in [5.74, 6) is 1.49. The molecule has 4 nitrogen and oxygen atoms in total. The van der Waals surface area contributed by atoms with Crippen molar-refractivity contribution in [2.45, 2.75) is 0 Å². The molecule has 13 heavy (non-hydrogen) atoms. The van der Waals surface area contributed by atoms with E-state index in [0.29, 0.717) is 6.61 Å². The molecule has 0 aliphatic carbocycles. The largest absolute Gasteiger partial charge is 0.643 e. The van der Waals surface area contributed by atoms with Crippen molar-refractivity contribution in [1.29, 1.82) is 0 Å². The third-order valence-electron chi connectivity index (χ3n) is 2.25. The average Bonchev–Trinajstić information content (AvgIpc) is 2.72. The Kier molecular flexibility index (Phi) is 1.33. The lowest BCUT2D eigenvalue weighted by Crippen LogP contribution is -2.56. The Hall–Kier alpha value is -1.20. The Morgan fingerprint density at radius 1 is 1.15 bits per heavy atom. The van der Waals surface area contributed by atoms with Gasteiger partial charge in [0.05, 0.1) is 0 Å². The van der Waals surface area contributed by atoms with Gasteiger partial charge in [-0.25, -0.2) is 0 Å². The van der Waals surface area contributed by atoms with Gasteiger partial charge in [-0.15, -0.1) is 0 Å². The third-order valence-corrected chi connectivity index (χ3v) is 2.25. The van der Waals surface area contributed by atoms with Crippen molar-refractivity contribution < 1.29 is 14.0 Å². The van der Waals surface area contributed by atoms with E-state index in [4.69, 9.17) is 14.0 Å². The highest BCUT2D eigenvalue weighted by Crippen LogP contribution is 2.36. The minimum atomic E-state index is -1.71. The summed E-state index contributed by atoms with van der Waals surface area (Å²) >= 11 is 0. The molecule has 1 fully saturated rings. The first-order valence-corrected chi connectivity index (χ1v) is 4.37. The summed E-state index contributed by atoms with van der Waals surface area (Å²) < 4.78 is 16.5. The molecule has 3 rings (SSSR count). The summed E-state index contributed by atoms with van der Waals surface area (Å²) in [7, 11) is 0. The Bertz CT molecular complexity index is 311. The quantitative estimate of drug-likeness (QED) is 0.587. The summed E-state index contributed by atoms with van der Waals surface area (Å²) in [5.41, 5.74) is 0. The van der Waals surface area contributed by atoms with E-state index in [1.165, 1.54) is 0 Å². The molecule has 0 unspecified atom stereocenters. The molecule has 68 valence electrons. The molecule has 2 aliphatic heterocycles. The zero-order valence-corrected chi connectivity index (χ0v) is 7.03. The predicted molar refractivity (Wildman–Crippen MR) is 47.4 cm³/mol. The summed E-state index contributed by atoms with van der Waals surface area (Å²) in [6.07, 6.45) is 0. The molecule has 1 N–H and O–H groups in total. The molecule has 2 aliphatic rings. The highest BCUT2D eigenvalue weighted by molar-refractivity contribution is 6.61. The van der Waals surface area contributed by atoms with Crippen LogP contribution in [0.2, 0.25) is 0 Å². The lowest BCUT2D eigenvalue weighted by atomic mass is 10.0. The maximum absolute atomic E-state index is 5.56. The van der Waals surface area contributed by atoms with E-state index >= 15 is 0 Å². The van der Waals surface area contributed by atoms with Gasteiger partial charge in [-0.05, 0) is 18.7 Å². The predicted octanol–water partition coefficient (Wildman–Crippen LogP) is 0.513. The van der Waals surface area contributed by atoms with Gasteiger partial charge in [0.2, 0.25) is 0 Å². The maximum Gasteiger partial charge on any atom is 0.578 e. The van der Waals surface area contributed by atoms with Gasteiger partial charge >= 0.3 is 6.89 Å². The number of hydrogen-bond acceptors (Lipinski definition) is 4. The Morgan fingerprint density at radius 3 is 2.38 bits per heavy atom. The van der Waals surface area contributed by atoms with Crippen LogP contribution < -0.4 is 14.5 Å². The zero-order valence-electron chi connectivity index (χ0n) is 7.03. The van der Waals surface area contributed by atoms with E-state index in [0.717, 1.165) is 18.0 Å². The molecule has 0 saturated carbocycles. The normalized spacial score (nSPS) is 22.5. The number of rotatable bonds is 0. The van der Waals surface area contributed by atoms with Gasteiger partial charge in [-0.3, -0.25) is 0 Å². The summed E-state index contributed by atoms with van der Waals surface area (Å²) in [5, 5.41) is 3.07.